The minimum absolute atomic E-state index is 0.0654. The van der Waals surface area contributed by atoms with E-state index in [2.05, 4.69) is 25.8 Å². The molecule has 1 aliphatic rings. The Morgan fingerprint density at radius 3 is 2.38 bits per heavy atom. The van der Waals surface area contributed by atoms with Crippen LogP contribution in [0.4, 0.5) is 5.69 Å². The Balaban J connectivity index is 1.08. The smallest absolute Gasteiger partial charge is 0.234 e. The molecule has 2 N–H and O–H groups in total. The number of carbonyl (C=O) groups is 2. The van der Waals surface area contributed by atoms with Crippen molar-refractivity contribution in [2.75, 3.05) is 16.8 Å². The number of carbonyl (C=O) groups excluding carboxylic acids is 2. The summed E-state index contributed by atoms with van der Waals surface area (Å²) in [6.45, 7) is 0. The van der Waals surface area contributed by atoms with Crippen LogP contribution in [-0.4, -0.2) is 49.1 Å². The van der Waals surface area contributed by atoms with Gasteiger partial charge in [-0.1, -0.05) is 91.3 Å². The summed E-state index contributed by atoms with van der Waals surface area (Å²) in [5.74, 6) is 1.19. The molecule has 0 bridgehead atoms. The molecule has 214 valence electrons. The molecule has 2 aromatic heterocycles. The molecule has 0 aliphatic heterocycles. The van der Waals surface area contributed by atoms with E-state index in [9.17, 15) is 9.59 Å². The number of rotatable bonds is 10. The Bertz CT molecular complexity index is 1670. The lowest BCUT2D eigenvalue weighted by Gasteiger charge is -2.22. The molecule has 1 aliphatic carbocycles. The van der Waals surface area contributed by atoms with Gasteiger partial charge in [0.25, 0.3) is 0 Å². The molecule has 2 amide bonds. The molecule has 5 aromatic rings. The van der Waals surface area contributed by atoms with Crippen molar-refractivity contribution in [3.8, 4) is 17.1 Å². The Hall–Kier alpha value is -3.67. The molecule has 1 saturated carbocycles. The Morgan fingerprint density at radius 2 is 1.60 bits per heavy atom. The van der Waals surface area contributed by atoms with Crippen molar-refractivity contribution in [1.82, 2.24) is 25.1 Å². The lowest BCUT2D eigenvalue weighted by molar-refractivity contribution is -0.119. The number of amides is 2. The van der Waals surface area contributed by atoms with Crippen molar-refractivity contribution < 1.29 is 9.59 Å². The number of hydrogen-bond acceptors (Lipinski definition) is 8. The highest BCUT2D eigenvalue weighted by Gasteiger charge is 2.18. The number of thiazole rings is 1. The van der Waals surface area contributed by atoms with Crippen LogP contribution in [0.15, 0.2) is 88.4 Å². The first kappa shape index (κ1) is 28.4. The first-order valence-corrected chi connectivity index (χ1v) is 16.7. The minimum Gasteiger partial charge on any atom is -0.353 e. The number of hydrogen-bond donors (Lipinski definition) is 2. The van der Waals surface area contributed by atoms with Crippen molar-refractivity contribution in [1.29, 1.82) is 0 Å². The summed E-state index contributed by atoms with van der Waals surface area (Å²) in [6, 6.07) is 25.8. The fraction of sp³-hybridized carbons (Fsp3) is 0.258. The number of aromatic nitrogens is 4. The molecule has 11 heteroatoms. The van der Waals surface area contributed by atoms with E-state index in [-0.39, 0.29) is 17.6 Å². The van der Waals surface area contributed by atoms with Crippen LogP contribution in [0.1, 0.15) is 32.1 Å². The third kappa shape index (κ3) is 7.03. The van der Waals surface area contributed by atoms with Crippen LogP contribution in [-0.2, 0) is 9.59 Å². The summed E-state index contributed by atoms with van der Waals surface area (Å²) in [5.41, 5.74) is 3.44. The summed E-state index contributed by atoms with van der Waals surface area (Å²) in [6.07, 6.45) is 5.80. The molecule has 42 heavy (non-hydrogen) atoms. The number of para-hydroxylation sites is 1. The Labute approximate surface area is 256 Å². The van der Waals surface area contributed by atoms with Crippen LogP contribution < -0.4 is 10.6 Å². The normalized spacial score (nSPS) is 13.7. The van der Waals surface area contributed by atoms with Crippen molar-refractivity contribution in [2.24, 2.45) is 0 Å². The third-order valence-corrected chi connectivity index (χ3v) is 10.1. The van der Waals surface area contributed by atoms with Crippen molar-refractivity contribution >= 4 is 62.6 Å². The standard InChI is InChI=1S/C31H30N6O2S3/c38-27(19-40-30-36-35-29(21-10-4-1-5-11-21)37(30)24-14-8-3-9-15-24)33-23-16-17-25-26(18-23)42-31(34-25)41-20-28(39)32-22-12-6-2-7-13-22/h1,3-5,8-11,14-18,22H,2,6-7,12-13,19-20H2,(H,32,39)(H,33,38). The van der Waals surface area contributed by atoms with Gasteiger partial charge in [-0.25, -0.2) is 4.98 Å². The van der Waals surface area contributed by atoms with Gasteiger partial charge in [0.05, 0.1) is 21.7 Å². The quantitative estimate of drug-likeness (QED) is 0.167. The molecule has 0 radical (unpaired) electrons. The number of benzene rings is 3. The molecular weight excluding hydrogens is 585 g/mol. The zero-order valence-corrected chi connectivity index (χ0v) is 25.3. The van der Waals surface area contributed by atoms with Crippen LogP contribution in [0, 0.1) is 0 Å². The van der Waals surface area contributed by atoms with E-state index >= 15 is 0 Å². The predicted octanol–water partition coefficient (Wildman–Crippen LogP) is 6.82. The van der Waals surface area contributed by atoms with Gasteiger partial charge in [0.2, 0.25) is 11.8 Å². The second-order valence-electron chi connectivity index (χ2n) is 10.0. The highest BCUT2D eigenvalue weighted by molar-refractivity contribution is 8.01. The van der Waals surface area contributed by atoms with Gasteiger partial charge in [-0.15, -0.1) is 21.5 Å². The average molecular weight is 615 g/mol. The maximum absolute atomic E-state index is 12.9. The van der Waals surface area contributed by atoms with E-state index in [1.807, 2.05) is 83.4 Å². The first-order chi connectivity index (χ1) is 20.6. The van der Waals surface area contributed by atoms with Crippen LogP contribution in [0.2, 0.25) is 0 Å². The number of anilines is 1. The molecule has 6 rings (SSSR count). The molecule has 0 atom stereocenters. The maximum atomic E-state index is 12.9. The predicted molar refractivity (Wildman–Crippen MR) is 172 cm³/mol. The summed E-state index contributed by atoms with van der Waals surface area (Å²) in [5, 5.41) is 15.7. The van der Waals surface area contributed by atoms with Gasteiger partial charge in [0.15, 0.2) is 15.3 Å². The summed E-state index contributed by atoms with van der Waals surface area (Å²) < 4.78 is 3.79. The number of nitrogens with zero attached hydrogens (tertiary/aromatic N) is 4. The van der Waals surface area contributed by atoms with Gasteiger partial charge in [0.1, 0.15) is 0 Å². The lowest BCUT2D eigenvalue weighted by Crippen LogP contribution is -2.37. The fourth-order valence-electron chi connectivity index (χ4n) is 4.96. The summed E-state index contributed by atoms with van der Waals surface area (Å²) in [7, 11) is 0. The van der Waals surface area contributed by atoms with E-state index in [4.69, 9.17) is 0 Å². The van der Waals surface area contributed by atoms with Crippen molar-refractivity contribution in [2.45, 2.75) is 47.6 Å². The Kier molecular flexibility index (Phi) is 9.17. The molecule has 0 spiro atoms. The van der Waals surface area contributed by atoms with Crippen molar-refractivity contribution in [3.05, 3.63) is 78.9 Å². The van der Waals surface area contributed by atoms with Gasteiger partial charge < -0.3 is 10.6 Å². The van der Waals surface area contributed by atoms with Crippen LogP contribution in [0.25, 0.3) is 27.3 Å². The number of fused-ring (bicyclic) bond motifs is 1. The second-order valence-corrected chi connectivity index (χ2v) is 13.2. The van der Waals surface area contributed by atoms with Crippen LogP contribution in [0.3, 0.4) is 0 Å². The molecule has 3 aromatic carbocycles. The molecule has 1 fully saturated rings. The average Bonchev–Trinajstić information content (AvgIpc) is 3.64. The van der Waals surface area contributed by atoms with Gasteiger partial charge >= 0.3 is 0 Å². The second kappa shape index (κ2) is 13.5. The topological polar surface area (TPSA) is 102 Å². The van der Waals surface area contributed by atoms with Gasteiger partial charge in [-0.3, -0.25) is 14.2 Å². The van der Waals surface area contributed by atoms with E-state index in [1.165, 1.54) is 54.1 Å². The number of thioether (sulfide) groups is 2. The molecule has 0 saturated heterocycles. The fourth-order valence-corrected chi connectivity index (χ4v) is 7.63. The van der Waals surface area contributed by atoms with Crippen LogP contribution in [0.5, 0.6) is 0 Å². The zero-order chi connectivity index (χ0) is 28.7. The molecule has 2 heterocycles. The summed E-state index contributed by atoms with van der Waals surface area (Å²) >= 11 is 4.33. The molecule has 8 nitrogen and oxygen atoms in total. The zero-order valence-electron chi connectivity index (χ0n) is 22.9. The minimum atomic E-state index is -0.137. The SMILES string of the molecule is O=C(CSc1nnc(-c2ccccc2)n1-c1ccccc1)Nc1ccc2nc(SCC(=O)NC3CCCCC3)sc2c1. The van der Waals surface area contributed by atoms with E-state index in [0.29, 0.717) is 22.6 Å². The van der Waals surface area contributed by atoms with Gasteiger partial charge in [-0.2, -0.15) is 0 Å². The Morgan fingerprint density at radius 1 is 0.857 bits per heavy atom. The van der Waals surface area contributed by atoms with E-state index in [1.54, 1.807) is 0 Å². The monoisotopic (exact) mass is 614 g/mol. The summed E-state index contributed by atoms with van der Waals surface area (Å²) in [4.78, 5) is 30.0. The van der Waals surface area contributed by atoms with Crippen molar-refractivity contribution in [3.63, 3.8) is 0 Å². The highest BCUT2D eigenvalue weighted by Crippen LogP contribution is 2.32. The van der Waals surface area contributed by atoms with E-state index < -0.39 is 0 Å². The first-order valence-electron chi connectivity index (χ1n) is 13.9. The van der Waals surface area contributed by atoms with Crippen LogP contribution >= 0.6 is 34.9 Å². The lowest BCUT2D eigenvalue weighted by atomic mass is 9.95. The van der Waals surface area contributed by atoms with E-state index in [0.717, 1.165) is 44.5 Å². The number of nitrogens with one attached hydrogen (secondary N) is 2. The maximum Gasteiger partial charge on any atom is 0.234 e. The third-order valence-electron chi connectivity index (χ3n) is 6.96. The molecular formula is C31H30N6O2S3. The molecule has 0 unspecified atom stereocenters. The van der Waals surface area contributed by atoms with Gasteiger partial charge in [0, 0.05) is 23.0 Å². The van der Waals surface area contributed by atoms with Gasteiger partial charge in [-0.05, 0) is 43.2 Å². The largest absolute Gasteiger partial charge is 0.353 e. The highest BCUT2D eigenvalue weighted by atomic mass is 32.2.